The van der Waals surface area contributed by atoms with Gasteiger partial charge in [-0.2, -0.15) is 0 Å². The number of halogens is 2. The molecule has 5 nitrogen and oxygen atoms in total. The van der Waals surface area contributed by atoms with Gasteiger partial charge in [-0.3, -0.25) is 14.5 Å². The van der Waals surface area contributed by atoms with E-state index in [1.807, 2.05) is 55.5 Å². The van der Waals surface area contributed by atoms with Crippen LogP contribution in [0.15, 0.2) is 62.5 Å². The van der Waals surface area contributed by atoms with E-state index in [1.54, 1.807) is 4.90 Å². The molecule has 2 amide bonds. The van der Waals surface area contributed by atoms with E-state index in [0.29, 0.717) is 17.4 Å². The highest BCUT2D eigenvalue weighted by molar-refractivity contribution is 9.10. The largest absolute Gasteiger partial charge is 0.326 e. The molecule has 0 aromatic heterocycles. The van der Waals surface area contributed by atoms with E-state index in [4.69, 9.17) is 0 Å². The second-order valence-corrected chi connectivity index (χ2v) is 8.82. The van der Waals surface area contributed by atoms with Crippen LogP contribution in [0.1, 0.15) is 13.3 Å². The SMILES string of the molecule is CCN1C(=O)[C@@H](CC(=O)Nc2ccc(Br)cc2)SC1=Nc1ccc(Br)cc1. The van der Waals surface area contributed by atoms with Crippen LogP contribution in [0.3, 0.4) is 0 Å². The van der Waals surface area contributed by atoms with Gasteiger partial charge in [0.25, 0.3) is 0 Å². The molecule has 1 fully saturated rings. The maximum atomic E-state index is 12.7. The molecule has 0 saturated carbocycles. The lowest BCUT2D eigenvalue weighted by atomic mass is 10.2. The molecule has 1 aliphatic heterocycles. The Balaban J connectivity index is 1.69. The first-order valence-corrected chi connectivity index (χ1v) is 10.8. The molecule has 1 heterocycles. The highest BCUT2D eigenvalue weighted by atomic mass is 79.9. The Labute approximate surface area is 178 Å². The molecular formula is C19H17Br2N3O2S. The summed E-state index contributed by atoms with van der Waals surface area (Å²) >= 11 is 8.09. The second-order valence-electron chi connectivity index (χ2n) is 5.82. The predicted molar refractivity (Wildman–Crippen MR) is 117 cm³/mol. The molecule has 2 aromatic carbocycles. The zero-order valence-electron chi connectivity index (χ0n) is 14.5. The summed E-state index contributed by atoms with van der Waals surface area (Å²) < 4.78 is 1.91. The van der Waals surface area contributed by atoms with Crippen LogP contribution in [0.4, 0.5) is 11.4 Å². The number of amidine groups is 1. The third-order valence-electron chi connectivity index (χ3n) is 3.89. The van der Waals surface area contributed by atoms with E-state index in [0.717, 1.165) is 14.6 Å². The number of amides is 2. The lowest BCUT2D eigenvalue weighted by molar-refractivity contribution is -0.128. The van der Waals surface area contributed by atoms with Gasteiger partial charge < -0.3 is 5.32 Å². The zero-order chi connectivity index (χ0) is 19.4. The second kappa shape index (κ2) is 9.03. The van der Waals surface area contributed by atoms with Crippen molar-refractivity contribution in [2.24, 2.45) is 4.99 Å². The Morgan fingerprint density at radius 1 is 1.11 bits per heavy atom. The summed E-state index contributed by atoms with van der Waals surface area (Å²) in [6.07, 6.45) is 0.107. The van der Waals surface area contributed by atoms with Crippen LogP contribution in [0.5, 0.6) is 0 Å². The summed E-state index contributed by atoms with van der Waals surface area (Å²) in [5.74, 6) is -0.270. The van der Waals surface area contributed by atoms with Crippen molar-refractivity contribution < 1.29 is 9.59 Å². The maximum absolute atomic E-state index is 12.7. The van der Waals surface area contributed by atoms with Crippen LogP contribution < -0.4 is 5.32 Å². The maximum Gasteiger partial charge on any atom is 0.242 e. The number of carbonyl (C=O) groups excluding carboxylic acids is 2. The number of nitrogens with zero attached hydrogens (tertiary/aromatic N) is 2. The third kappa shape index (κ3) is 5.21. The molecule has 1 N–H and O–H groups in total. The van der Waals surface area contributed by atoms with Gasteiger partial charge in [-0.15, -0.1) is 0 Å². The van der Waals surface area contributed by atoms with Crippen molar-refractivity contribution in [3.63, 3.8) is 0 Å². The highest BCUT2D eigenvalue weighted by Crippen LogP contribution is 2.32. The topological polar surface area (TPSA) is 61.8 Å². The number of thioether (sulfide) groups is 1. The number of benzene rings is 2. The molecule has 0 spiro atoms. The van der Waals surface area contributed by atoms with E-state index < -0.39 is 5.25 Å². The number of nitrogens with one attached hydrogen (secondary N) is 1. The molecule has 140 valence electrons. The molecule has 0 unspecified atom stereocenters. The van der Waals surface area contributed by atoms with Crippen molar-refractivity contribution in [2.45, 2.75) is 18.6 Å². The van der Waals surface area contributed by atoms with Gasteiger partial charge in [0, 0.05) is 27.6 Å². The molecule has 8 heteroatoms. The van der Waals surface area contributed by atoms with Crippen molar-refractivity contribution in [1.82, 2.24) is 4.90 Å². The number of rotatable bonds is 5. The average Bonchev–Trinajstić information content (AvgIpc) is 2.93. The van der Waals surface area contributed by atoms with Gasteiger partial charge in [-0.05, 0) is 55.5 Å². The van der Waals surface area contributed by atoms with Gasteiger partial charge in [-0.25, -0.2) is 4.99 Å². The monoisotopic (exact) mass is 509 g/mol. The average molecular weight is 511 g/mol. The molecule has 0 radical (unpaired) electrons. The van der Waals surface area contributed by atoms with Crippen LogP contribution in [0.2, 0.25) is 0 Å². The zero-order valence-corrected chi connectivity index (χ0v) is 18.5. The van der Waals surface area contributed by atoms with Crippen LogP contribution in [0.25, 0.3) is 0 Å². The molecule has 1 aliphatic rings. The Morgan fingerprint density at radius 3 is 2.30 bits per heavy atom. The van der Waals surface area contributed by atoms with Crippen molar-refractivity contribution in [2.75, 3.05) is 11.9 Å². The number of aliphatic imine (C=N–C) groups is 1. The first-order valence-electron chi connectivity index (χ1n) is 8.34. The molecule has 2 aromatic rings. The summed E-state index contributed by atoms with van der Waals surface area (Å²) in [5, 5.41) is 3.00. The minimum atomic E-state index is -0.463. The lowest BCUT2D eigenvalue weighted by Gasteiger charge is -2.13. The summed E-state index contributed by atoms with van der Waals surface area (Å²) in [4.78, 5) is 31.2. The predicted octanol–water partition coefficient (Wildman–Crippen LogP) is 5.19. The van der Waals surface area contributed by atoms with Crippen LogP contribution in [-0.4, -0.2) is 33.7 Å². The summed E-state index contributed by atoms with van der Waals surface area (Å²) in [6, 6.07) is 14.9. The quantitative estimate of drug-likeness (QED) is 0.601. The molecule has 3 rings (SSSR count). The third-order valence-corrected chi connectivity index (χ3v) is 6.12. The summed E-state index contributed by atoms with van der Waals surface area (Å²) in [5.41, 5.74) is 1.47. The minimum Gasteiger partial charge on any atom is -0.326 e. The molecule has 27 heavy (non-hydrogen) atoms. The smallest absolute Gasteiger partial charge is 0.242 e. The van der Waals surface area contributed by atoms with E-state index in [1.165, 1.54) is 11.8 Å². The molecule has 0 bridgehead atoms. The van der Waals surface area contributed by atoms with Gasteiger partial charge in [0.15, 0.2) is 5.17 Å². The standard InChI is InChI=1S/C19H17Br2N3O2S/c1-2-24-18(26)16(11-17(25)22-14-7-3-12(20)4-8-14)27-19(24)23-15-9-5-13(21)6-10-15/h3-10,16H,2,11H2,1H3,(H,22,25)/t16-/m1/s1. The van der Waals surface area contributed by atoms with Gasteiger partial charge in [0.05, 0.1) is 5.69 Å². The Morgan fingerprint density at radius 2 is 1.70 bits per heavy atom. The van der Waals surface area contributed by atoms with E-state index in [9.17, 15) is 9.59 Å². The molecular weight excluding hydrogens is 494 g/mol. The Bertz CT molecular complexity index is 870. The van der Waals surface area contributed by atoms with Crippen LogP contribution in [0, 0.1) is 0 Å². The van der Waals surface area contributed by atoms with Crippen molar-refractivity contribution in [3.8, 4) is 0 Å². The number of anilines is 1. The molecule has 1 atom stereocenters. The minimum absolute atomic E-state index is 0.0793. The van der Waals surface area contributed by atoms with Gasteiger partial charge in [-0.1, -0.05) is 43.6 Å². The van der Waals surface area contributed by atoms with Gasteiger partial charge in [0.1, 0.15) is 5.25 Å². The first kappa shape index (κ1) is 20.1. The van der Waals surface area contributed by atoms with Crippen molar-refractivity contribution in [3.05, 3.63) is 57.5 Å². The number of hydrogen-bond acceptors (Lipinski definition) is 4. The number of carbonyl (C=O) groups is 2. The van der Waals surface area contributed by atoms with Crippen molar-refractivity contribution in [1.29, 1.82) is 0 Å². The summed E-state index contributed by atoms with van der Waals surface area (Å²) in [7, 11) is 0. The van der Waals surface area contributed by atoms with E-state index in [2.05, 4.69) is 42.2 Å². The van der Waals surface area contributed by atoms with Gasteiger partial charge in [0.2, 0.25) is 11.8 Å². The summed E-state index contributed by atoms with van der Waals surface area (Å²) in [6.45, 7) is 2.42. The van der Waals surface area contributed by atoms with E-state index in [-0.39, 0.29) is 18.2 Å². The molecule has 0 aliphatic carbocycles. The molecule has 1 saturated heterocycles. The van der Waals surface area contributed by atoms with Gasteiger partial charge >= 0.3 is 0 Å². The Kier molecular flexibility index (Phi) is 6.73. The highest BCUT2D eigenvalue weighted by Gasteiger charge is 2.38. The lowest BCUT2D eigenvalue weighted by Crippen LogP contribution is -2.33. The fourth-order valence-electron chi connectivity index (χ4n) is 2.56. The fourth-order valence-corrected chi connectivity index (χ4v) is 4.31. The van der Waals surface area contributed by atoms with E-state index >= 15 is 0 Å². The van der Waals surface area contributed by atoms with Crippen LogP contribution >= 0.6 is 43.6 Å². The normalized spacial score (nSPS) is 18.2. The van der Waals surface area contributed by atoms with Crippen molar-refractivity contribution >= 4 is 72.0 Å². The number of hydrogen-bond donors (Lipinski definition) is 1. The fraction of sp³-hybridized carbons (Fsp3) is 0.211. The first-order chi connectivity index (χ1) is 13.0. The van der Waals surface area contributed by atoms with Crippen LogP contribution in [-0.2, 0) is 9.59 Å². The Hall–Kier alpha value is -1.64.